The molecule has 0 spiro atoms. The third-order valence-corrected chi connectivity index (χ3v) is 0.316. The van der Waals surface area contributed by atoms with Crippen molar-refractivity contribution < 1.29 is 4.57 Å². The summed E-state index contributed by atoms with van der Waals surface area (Å²) in [6, 6.07) is 0. The maximum absolute atomic E-state index is 9.22. The molecule has 0 aliphatic rings. The molecule has 4 heavy (non-hydrogen) atoms. The number of hydrogen-bond donors (Lipinski definition) is 0. The van der Waals surface area contributed by atoms with Gasteiger partial charge in [0, 0.05) is 0 Å². The van der Waals surface area contributed by atoms with Crippen LogP contribution in [0.4, 0.5) is 0 Å². The van der Waals surface area contributed by atoms with E-state index in [0.717, 1.165) is 0 Å². The molecule has 0 rings (SSSR count). The Kier molecular flexibility index (Phi) is 3.54. The topological polar surface area (TPSA) is 17.1 Å². The zero-order valence-corrected chi connectivity index (χ0v) is 3.33. The molecule has 0 radical (unpaired) electrons. The molecule has 0 atom stereocenters. The van der Waals surface area contributed by atoms with E-state index in [1.165, 1.54) is 0 Å². The summed E-state index contributed by atoms with van der Waals surface area (Å²) in [6.45, 7) is 3.27. The third kappa shape index (κ3) is 2.29. The van der Waals surface area contributed by atoms with Crippen LogP contribution < -0.4 is 0 Å². The summed E-state index contributed by atoms with van der Waals surface area (Å²) in [7, 11) is 0.123. The van der Waals surface area contributed by atoms with Crippen LogP contribution in [0.5, 0.6) is 0 Å². The summed E-state index contributed by atoms with van der Waals surface area (Å²) in [6.07, 6.45) is 0. The molecule has 0 fully saturated rings. The van der Waals surface area contributed by atoms with Crippen LogP contribution in [-0.2, 0) is 4.57 Å². The summed E-state index contributed by atoms with van der Waals surface area (Å²) in [5.74, 6) is 0. The Balaban J connectivity index is 3.11. The molecule has 0 unspecified atom stereocenters. The second kappa shape index (κ2) is 3.29. The van der Waals surface area contributed by atoms with Crippen LogP contribution in [0, 0.1) is 0 Å². The van der Waals surface area contributed by atoms with Gasteiger partial charge < -0.3 is 0 Å². The zero-order valence-electron chi connectivity index (χ0n) is 2.43. The first-order valence-corrected chi connectivity index (χ1v) is 1.90. The fraction of sp³-hybridized carbons (Fsp3) is 1.00. The monoisotopic (exact) mass is 73.0 g/mol. The molecule has 0 aliphatic heterocycles. The first-order chi connectivity index (χ1) is 1.91. The van der Waals surface area contributed by atoms with Crippen molar-refractivity contribution in [3.8, 4) is 0 Å². The Morgan fingerprint density at radius 2 is 2.25 bits per heavy atom. The quantitative estimate of drug-likeness (QED) is 0.308. The van der Waals surface area contributed by atoms with Gasteiger partial charge in [0.05, 0.1) is 0 Å². The molecule has 0 bridgehead atoms. The summed E-state index contributed by atoms with van der Waals surface area (Å²) in [4.78, 5) is 0. The van der Waals surface area contributed by atoms with E-state index < -0.39 is 0 Å². The molecule has 3 heteroatoms. The van der Waals surface area contributed by atoms with Crippen LogP contribution >= 0.6 is 7.95 Å². The van der Waals surface area contributed by atoms with Gasteiger partial charge in [-0.2, -0.15) is 0 Å². The Bertz CT molecular complexity index is 46.0. The van der Waals surface area contributed by atoms with E-state index in [1.807, 2.05) is 0 Å². The minimum absolute atomic E-state index is 0.123. The van der Waals surface area contributed by atoms with Crippen molar-refractivity contribution in [3.05, 3.63) is 0 Å². The van der Waals surface area contributed by atoms with E-state index in [-0.39, 0.29) is 7.95 Å². The Labute approximate surface area is 27.0 Å². The first-order valence-electron chi connectivity index (χ1n) is 1.02. The van der Waals surface area contributed by atoms with E-state index in [4.69, 9.17) is 0 Å². The molecule has 0 aromatic carbocycles. The molecule has 0 N–H and O–H groups in total. The van der Waals surface area contributed by atoms with Crippen molar-refractivity contribution in [3.63, 3.8) is 0 Å². The van der Waals surface area contributed by atoms with Crippen LogP contribution in [0.25, 0.3) is 0 Å². The van der Waals surface area contributed by atoms with Gasteiger partial charge in [-0.3, -0.25) is 0 Å². The van der Waals surface area contributed by atoms with Crippen molar-refractivity contribution in [2.24, 2.45) is 0 Å². The van der Waals surface area contributed by atoms with E-state index in [1.54, 1.807) is 13.4 Å². The molecule has 0 heterocycles. The van der Waals surface area contributed by atoms with E-state index >= 15 is 0 Å². The van der Waals surface area contributed by atoms with Gasteiger partial charge in [0.15, 0.2) is 0 Å². The Morgan fingerprint density at radius 1 is 2.00 bits per heavy atom. The molecule has 20 valence electrons. The van der Waals surface area contributed by atoms with Crippen molar-refractivity contribution in [2.45, 2.75) is 6.82 Å². The van der Waals surface area contributed by atoms with Crippen molar-refractivity contribution in [1.82, 2.24) is 0 Å². The van der Waals surface area contributed by atoms with Crippen LogP contribution in [0.15, 0.2) is 0 Å². The Hall–Kier alpha value is 0.295. The standard InChI is InChI=1S/CH3BOP/c1-2-4-3/h1H3/q+1. The average molecular weight is 72.8 g/mol. The normalized spacial score (nSPS) is 4.25. The summed E-state index contributed by atoms with van der Waals surface area (Å²) >= 11 is 0. The molecule has 1 nitrogen and oxygen atoms in total. The van der Waals surface area contributed by atoms with Gasteiger partial charge >= 0.3 is 26.0 Å². The van der Waals surface area contributed by atoms with Crippen LogP contribution in [-0.4, -0.2) is 6.62 Å². The van der Waals surface area contributed by atoms with Gasteiger partial charge in [-0.1, -0.05) is 0 Å². The van der Waals surface area contributed by atoms with Gasteiger partial charge in [0.1, 0.15) is 0 Å². The first kappa shape index (κ1) is 4.29. The van der Waals surface area contributed by atoms with E-state index in [9.17, 15) is 4.57 Å². The second-order valence-corrected chi connectivity index (χ2v) is 1.09. The number of hydrogen-bond acceptors (Lipinski definition) is 1. The molecule has 0 aromatic heterocycles. The minimum atomic E-state index is 0.123. The molecule has 0 saturated carbocycles. The Morgan fingerprint density at radius 3 is 2.25 bits per heavy atom. The fourth-order valence-electron chi connectivity index (χ4n) is 0. The summed E-state index contributed by atoms with van der Waals surface area (Å²) < 4.78 is 9.22. The maximum atomic E-state index is 9.22. The molecule has 0 amide bonds. The van der Waals surface area contributed by atoms with E-state index in [0.29, 0.717) is 0 Å². The fourth-order valence-corrected chi connectivity index (χ4v) is 0. The second-order valence-electron chi connectivity index (χ2n) is 0.364. The SMILES string of the molecule is CB=[P+]=O. The van der Waals surface area contributed by atoms with Crippen LogP contribution in [0.1, 0.15) is 0 Å². The third-order valence-electron chi connectivity index (χ3n) is 0.105. The summed E-state index contributed by atoms with van der Waals surface area (Å²) in [5.41, 5.74) is 0. The predicted molar refractivity (Wildman–Crippen MR) is 19.2 cm³/mol. The molecule has 0 aliphatic carbocycles. The molecule has 0 saturated heterocycles. The molecular formula is CH3BOP+. The summed E-state index contributed by atoms with van der Waals surface area (Å²) in [5, 5.41) is 0. The predicted octanol–water partition coefficient (Wildman–Crippen LogP) is 0.945. The zero-order chi connectivity index (χ0) is 3.41. The van der Waals surface area contributed by atoms with Gasteiger partial charge in [-0.15, -0.1) is 0 Å². The van der Waals surface area contributed by atoms with Crippen LogP contribution in [0.2, 0.25) is 6.82 Å². The van der Waals surface area contributed by atoms with Crippen molar-refractivity contribution in [2.75, 3.05) is 0 Å². The van der Waals surface area contributed by atoms with Gasteiger partial charge in [0.2, 0.25) is 0 Å². The van der Waals surface area contributed by atoms with Crippen molar-refractivity contribution >= 4 is 14.6 Å². The van der Waals surface area contributed by atoms with Crippen molar-refractivity contribution in [1.29, 1.82) is 0 Å². The van der Waals surface area contributed by atoms with Gasteiger partial charge in [-0.05, 0) is 0 Å². The molecular weight excluding hydrogens is 69.8 g/mol. The number of rotatable bonds is 0. The molecule has 0 aromatic rings. The van der Waals surface area contributed by atoms with Crippen LogP contribution in [0.3, 0.4) is 0 Å². The van der Waals surface area contributed by atoms with Gasteiger partial charge in [0.25, 0.3) is 0 Å². The van der Waals surface area contributed by atoms with Gasteiger partial charge in [-0.25, -0.2) is 0 Å². The van der Waals surface area contributed by atoms with E-state index in [2.05, 4.69) is 0 Å². The average Bonchev–Trinajstić information content (AvgIpc) is 1.37.